The van der Waals surface area contributed by atoms with E-state index in [1.807, 2.05) is 52.0 Å². The van der Waals surface area contributed by atoms with Crippen molar-refractivity contribution >= 4 is 17.6 Å². The molecule has 0 aliphatic carbocycles. The summed E-state index contributed by atoms with van der Waals surface area (Å²) in [5.74, 6) is 0. The number of amides is 2. The predicted octanol–water partition coefficient (Wildman–Crippen LogP) is 4.06. The van der Waals surface area contributed by atoms with Crippen LogP contribution in [0.15, 0.2) is 24.3 Å². The molecule has 0 bridgehead atoms. The molecule has 1 aromatic rings. The number of nitrogens with one attached hydrogen (secondary N) is 1. The fraction of sp³-hybridized carbons (Fsp3) is 0.611. The molecule has 0 aliphatic heterocycles. The lowest BCUT2D eigenvalue weighted by molar-refractivity contribution is 0.125. The maximum absolute atomic E-state index is 12.5. The first-order valence-electron chi connectivity index (χ1n) is 8.08. The van der Waals surface area contributed by atoms with E-state index in [9.17, 15) is 9.90 Å². The number of benzene rings is 1. The van der Waals surface area contributed by atoms with Crippen molar-refractivity contribution in [1.29, 1.82) is 0 Å². The quantitative estimate of drug-likeness (QED) is 0.786. The number of carbonyl (C=O) groups excluding carboxylic acids is 1. The third-order valence-electron chi connectivity index (χ3n) is 3.69. The maximum Gasteiger partial charge on any atom is 0.317 e. The maximum atomic E-state index is 12.5. The largest absolute Gasteiger partial charge is 0.393 e. The van der Waals surface area contributed by atoms with Gasteiger partial charge >= 0.3 is 6.03 Å². The molecule has 1 atom stereocenters. The van der Waals surface area contributed by atoms with E-state index in [-0.39, 0.29) is 23.6 Å². The minimum absolute atomic E-state index is 0.0776. The van der Waals surface area contributed by atoms with Crippen LogP contribution in [0.25, 0.3) is 0 Å². The van der Waals surface area contributed by atoms with Crippen molar-refractivity contribution in [2.75, 3.05) is 6.54 Å². The van der Waals surface area contributed by atoms with E-state index < -0.39 is 0 Å². The Kier molecular flexibility index (Phi) is 7.36. The summed E-state index contributed by atoms with van der Waals surface area (Å²) in [7, 11) is 0. The van der Waals surface area contributed by atoms with Crippen LogP contribution in [0.3, 0.4) is 0 Å². The highest BCUT2D eigenvalue weighted by atomic mass is 35.5. The lowest BCUT2D eigenvalue weighted by Crippen LogP contribution is -2.46. The molecule has 0 radical (unpaired) electrons. The van der Waals surface area contributed by atoms with Crippen molar-refractivity contribution in [1.82, 2.24) is 10.2 Å². The molecule has 1 rings (SSSR count). The van der Waals surface area contributed by atoms with Crippen molar-refractivity contribution in [2.45, 2.75) is 59.7 Å². The van der Waals surface area contributed by atoms with Gasteiger partial charge in [0.15, 0.2) is 0 Å². The predicted molar refractivity (Wildman–Crippen MR) is 95.6 cm³/mol. The molecule has 5 heteroatoms. The monoisotopic (exact) mass is 340 g/mol. The van der Waals surface area contributed by atoms with Gasteiger partial charge in [-0.1, -0.05) is 37.6 Å². The van der Waals surface area contributed by atoms with E-state index in [4.69, 9.17) is 11.6 Å². The van der Waals surface area contributed by atoms with Crippen LogP contribution in [0.4, 0.5) is 4.79 Å². The lowest BCUT2D eigenvalue weighted by Gasteiger charge is -2.31. The minimum atomic E-state index is -0.380. The number of hydrogen-bond donors (Lipinski definition) is 2. The van der Waals surface area contributed by atoms with Gasteiger partial charge in [-0.2, -0.15) is 0 Å². The summed E-state index contributed by atoms with van der Waals surface area (Å²) in [6, 6.07) is 7.53. The Labute approximate surface area is 144 Å². The zero-order valence-corrected chi connectivity index (χ0v) is 15.5. The Balaban J connectivity index is 2.68. The van der Waals surface area contributed by atoms with Crippen molar-refractivity contribution < 1.29 is 9.90 Å². The molecule has 1 unspecified atom stereocenters. The highest BCUT2D eigenvalue weighted by molar-refractivity contribution is 6.30. The molecule has 0 heterocycles. The van der Waals surface area contributed by atoms with Crippen molar-refractivity contribution in [3.63, 3.8) is 0 Å². The SMILES string of the molecule is CC(O)CC(C)(C)CNC(=O)N(Cc1cccc(Cl)c1)C(C)C. The van der Waals surface area contributed by atoms with Crippen LogP contribution < -0.4 is 5.32 Å². The first-order valence-corrected chi connectivity index (χ1v) is 8.45. The molecular weight excluding hydrogens is 312 g/mol. The molecule has 0 saturated heterocycles. The summed E-state index contributed by atoms with van der Waals surface area (Å²) in [5.41, 5.74) is 0.854. The van der Waals surface area contributed by atoms with Crippen molar-refractivity contribution in [2.24, 2.45) is 5.41 Å². The van der Waals surface area contributed by atoms with Crippen LogP contribution in [-0.4, -0.2) is 34.7 Å². The molecular formula is C18H29ClN2O2. The van der Waals surface area contributed by atoms with E-state index in [1.54, 1.807) is 11.8 Å². The zero-order chi connectivity index (χ0) is 17.6. The van der Waals surface area contributed by atoms with E-state index in [2.05, 4.69) is 5.32 Å². The summed E-state index contributed by atoms with van der Waals surface area (Å²) in [6.07, 6.45) is 0.262. The van der Waals surface area contributed by atoms with Crippen LogP contribution in [0, 0.1) is 5.41 Å². The number of carbonyl (C=O) groups is 1. The summed E-state index contributed by atoms with van der Waals surface area (Å²) < 4.78 is 0. The summed E-state index contributed by atoms with van der Waals surface area (Å²) in [5, 5.41) is 13.2. The second-order valence-electron chi connectivity index (χ2n) is 7.23. The van der Waals surface area contributed by atoms with Crippen LogP contribution >= 0.6 is 11.6 Å². The van der Waals surface area contributed by atoms with Gasteiger partial charge in [-0.05, 0) is 50.3 Å². The van der Waals surface area contributed by atoms with Crippen LogP contribution in [-0.2, 0) is 6.54 Å². The number of nitrogens with zero attached hydrogens (tertiary/aromatic N) is 1. The minimum Gasteiger partial charge on any atom is -0.393 e. The summed E-state index contributed by atoms with van der Waals surface area (Å²) in [4.78, 5) is 14.3. The van der Waals surface area contributed by atoms with Gasteiger partial charge in [0.25, 0.3) is 0 Å². The average molecular weight is 341 g/mol. The van der Waals surface area contributed by atoms with E-state index >= 15 is 0 Å². The third kappa shape index (κ3) is 7.23. The van der Waals surface area contributed by atoms with Crippen LogP contribution in [0.1, 0.15) is 46.6 Å². The molecule has 0 spiro atoms. The molecule has 23 heavy (non-hydrogen) atoms. The molecule has 1 aromatic carbocycles. The molecule has 2 N–H and O–H groups in total. The van der Waals surface area contributed by atoms with E-state index in [0.29, 0.717) is 24.5 Å². The Hall–Kier alpha value is -1.26. The standard InChI is InChI=1S/C18H29ClN2O2/c1-13(2)21(11-15-7-6-8-16(19)9-15)17(23)20-12-18(4,5)10-14(3)22/h6-9,13-14,22H,10-12H2,1-5H3,(H,20,23). The lowest BCUT2D eigenvalue weighted by atomic mass is 9.87. The molecule has 0 fully saturated rings. The number of aliphatic hydroxyl groups is 1. The second kappa shape index (κ2) is 8.55. The van der Waals surface area contributed by atoms with Gasteiger partial charge in [-0.15, -0.1) is 0 Å². The van der Waals surface area contributed by atoms with Gasteiger partial charge in [-0.25, -0.2) is 4.79 Å². The Morgan fingerprint density at radius 1 is 1.35 bits per heavy atom. The molecule has 2 amide bonds. The molecule has 0 aromatic heterocycles. The second-order valence-corrected chi connectivity index (χ2v) is 7.66. The normalized spacial score (nSPS) is 13.0. The van der Waals surface area contributed by atoms with Gasteiger partial charge in [0.1, 0.15) is 0 Å². The number of rotatable bonds is 7. The highest BCUT2D eigenvalue weighted by Crippen LogP contribution is 2.21. The summed E-state index contributed by atoms with van der Waals surface area (Å²) in [6.45, 7) is 10.9. The number of urea groups is 1. The number of halogens is 1. The first kappa shape index (κ1) is 19.8. The van der Waals surface area contributed by atoms with Gasteiger partial charge < -0.3 is 15.3 Å². The van der Waals surface area contributed by atoms with E-state index in [0.717, 1.165) is 5.56 Å². The molecule has 0 aliphatic rings. The zero-order valence-electron chi connectivity index (χ0n) is 14.8. The Morgan fingerprint density at radius 3 is 2.52 bits per heavy atom. The smallest absolute Gasteiger partial charge is 0.317 e. The average Bonchev–Trinajstić information content (AvgIpc) is 2.40. The van der Waals surface area contributed by atoms with Crippen molar-refractivity contribution in [3.05, 3.63) is 34.9 Å². The van der Waals surface area contributed by atoms with Gasteiger partial charge in [0, 0.05) is 24.2 Å². The van der Waals surface area contributed by atoms with Gasteiger partial charge in [0.2, 0.25) is 0 Å². The highest BCUT2D eigenvalue weighted by Gasteiger charge is 2.23. The fourth-order valence-electron chi connectivity index (χ4n) is 2.61. The van der Waals surface area contributed by atoms with E-state index in [1.165, 1.54) is 0 Å². The van der Waals surface area contributed by atoms with Crippen LogP contribution in [0.5, 0.6) is 0 Å². The fourth-order valence-corrected chi connectivity index (χ4v) is 2.82. The molecule has 130 valence electrons. The van der Waals surface area contributed by atoms with Gasteiger partial charge in [0.05, 0.1) is 6.10 Å². The van der Waals surface area contributed by atoms with Gasteiger partial charge in [-0.3, -0.25) is 0 Å². The summed E-state index contributed by atoms with van der Waals surface area (Å²) >= 11 is 6.01. The Bertz CT molecular complexity index is 515. The third-order valence-corrected chi connectivity index (χ3v) is 3.93. The molecule has 0 saturated carbocycles. The van der Waals surface area contributed by atoms with Crippen LogP contribution in [0.2, 0.25) is 5.02 Å². The molecule has 4 nitrogen and oxygen atoms in total. The van der Waals surface area contributed by atoms with Crippen molar-refractivity contribution in [3.8, 4) is 0 Å². The Morgan fingerprint density at radius 2 is 2.00 bits per heavy atom. The number of aliphatic hydroxyl groups excluding tert-OH is 1. The topological polar surface area (TPSA) is 52.6 Å². The number of hydrogen-bond acceptors (Lipinski definition) is 2. The first-order chi connectivity index (χ1) is 10.6.